The van der Waals surface area contributed by atoms with Crippen LogP contribution in [-0.4, -0.2) is 15.7 Å². The summed E-state index contributed by atoms with van der Waals surface area (Å²) < 4.78 is 72.4. The van der Waals surface area contributed by atoms with Crippen LogP contribution in [0.2, 0.25) is 0 Å². The van der Waals surface area contributed by atoms with E-state index in [0.717, 1.165) is 12.1 Å². The molecular formula is C24H16F5N3O2. The first-order valence-corrected chi connectivity index (χ1v) is 9.90. The lowest BCUT2D eigenvalue weighted by Gasteiger charge is -2.10. The molecule has 1 N–H and O–H groups in total. The predicted molar refractivity (Wildman–Crippen MR) is 114 cm³/mol. The third-order valence-electron chi connectivity index (χ3n) is 4.74. The molecule has 0 radical (unpaired) electrons. The summed E-state index contributed by atoms with van der Waals surface area (Å²) >= 11 is 0. The van der Waals surface area contributed by atoms with E-state index in [1.807, 2.05) is 0 Å². The third kappa shape index (κ3) is 5.40. The van der Waals surface area contributed by atoms with Crippen molar-refractivity contribution in [1.29, 1.82) is 0 Å². The van der Waals surface area contributed by atoms with Crippen molar-refractivity contribution in [3.05, 3.63) is 107 Å². The van der Waals surface area contributed by atoms with Crippen molar-refractivity contribution in [3.63, 3.8) is 0 Å². The van der Waals surface area contributed by atoms with E-state index in [2.05, 4.69) is 10.4 Å². The van der Waals surface area contributed by atoms with Gasteiger partial charge in [0.1, 0.15) is 18.2 Å². The first-order chi connectivity index (χ1) is 16.2. The number of ether oxygens (including phenoxy) is 1. The van der Waals surface area contributed by atoms with Gasteiger partial charge in [0.25, 0.3) is 5.91 Å². The van der Waals surface area contributed by atoms with E-state index in [1.54, 1.807) is 0 Å². The summed E-state index contributed by atoms with van der Waals surface area (Å²) in [6, 6.07) is 14.9. The average Bonchev–Trinajstić information content (AvgIpc) is 3.23. The molecule has 0 aliphatic rings. The van der Waals surface area contributed by atoms with Crippen LogP contribution in [0, 0.1) is 11.6 Å². The number of alkyl halides is 3. The largest absolute Gasteiger partial charge is 0.485 e. The van der Waals surface area contributed by atoms with Crippen LogP contribution in [-0.2, 0) is 12.8 Å². The molecule has 0 atom stereocenters. The second-order valence-electron chi connectivity index (χ2n) is 7.21. The van der Waals surface area contributed by atoms with Crippen LogP contribution in [0.25, 0.3) is 5.69 Å². The van der Waals surface area contributed by atoms with Crippen molar-refractivity contribution in [2.24, 2.45) is 0 Å². The molecule has 0 unspecified atom stereocenters. The molecule has 0 saturated carbocycles. The van der Waals surface area contributed by atoms with Gasteiger partial charge in [-0.05, 0) is 60.2 Å². The Morgan fingerprint density at radius 1 is 0.941 bits per heavy atom. The van der Waals surface area contributed by atoms with Crippen molar-refractivity contribution in [2.45, 2.75) is 12.8 Å². The monoisotopic (exact) mass is 473 g/mol. The van der Waals surface area contributed by atoms with E-state index in [4.69, 9.17) is 4.74 Å². The van der Waals surface area contributed by atoms with Crippen LogP contribution in [0.3, 0.4) is 0 Å². The van der Waals surface area contributed by atoms with Crippen LogP contribution in [0.15, 0.2) is 79.0 Å². The van der Waals surface area contributed by atoms with Crippen LogP contribution < -0.4 is 10.1 Å². The van der Waals surface area contributed by atoms with Crippen molar-refractivity contribution >= 4 is 11.6 Å². The number of hydrogen-bond acceptors (Lipinski definition) is 3. The molecule has 10 heteroatoms. The molecule has 4 aromatic rings. The lowest BCUT2D eigenvalue weighted by Crippen LogP contribution is -2.15. The molecule has 0 bridgehead atoms. The van der Waals surface area contributed by atoms with E-state index in [9.17, 15) is 26.7 Å². The van der Waals surface area contributed by atoms with Crippen molar-refractivity contribution in [3.8, 4) is 11.4 Å². The molecular weight excluding hydrogens is 457 g/mol. The number of benzene rings is 3. The minimum Gasteiger partial charge on any atom is -0.485 e. The third-order valence-corrected chi connectivity index (χ3v) is 4.74. The van der Waals surface area contributed by atoms with E-state index < -0.39 is 29.3 Å². The van der Waals surface area contributed by atoms with Gasteiger partial charge in [-0.3, -0.25) is 4.79 Å². The number of nitrogens with one attached hydrogen (secondary N) is 1. The van der Waals surface area contributed by atoms with Crippen molar-refractivity contribution in [1.82, 2.24) is 9.78 Å². The molecule has 4 rings (SSSR count). The van der Waals surface area contributed by atoms with E-state index in [-0.39, 0.29) is 23.7 Å². The fourth-order valence-electron chi connectivity index (χ4n) is 3.05. The minimum atomic E-state index is -4.58. The predicted octanol–water partition coefficient (Wildman–Crippen LogP) is 6.00. The molecule has 5 nitrogen and oxygen atoms in total. The highest BCUT2D eigenvalue weighted by atomic mass is 19.4. The lowest BCUT2D eigenvalue weighted by molar-refractivity contribution is -0.137. The Kier molecular flexibility index (Phi) is 6.31. The Labute approximate surface area is 190 Å². The average molecular weight is 473 g/mol. The van der Waals surface area contributed by atoms with E-state index >= 15 is 0 Å². The molecule has 0 saturated heterocycles. The Balaban J connectivity index is 1.62. The van der Waals surface area contributed by atoms with Gasteiger partial charge < -0.3 is 10.1 Å². The second-order valence-corrected chi connectivity index (χ2v) is 7.21. The summed E-state index contributed by atoms with van der Waals surface area (Å²) in [7, 11) is 0. The van der Waals surface area contributed by atoms with Gasteiger partial charge >= 0.3 is 6.18 Å². The van der Waals surface area contributed by atoms with Gasteiger partial charge in [-0.15, -0.1) is 0 Å². The molecule has 0 aliphatic heterocycles. The number of anilines is 1. The summed E-state index contributed by atoms with van der Waals surface area (Å²) in [5.74, 6) is -1.67. The zero-order valence-electron chi connectivity index (χ0n) is 17.3. The van der Waals surface area contributed by atoms with Gasteiger partial charge in [-0.25, -0.2) is 13.5 Å². The number of rotatable bonds is 6. The smallest absolute Gasteiger partial charge is 0.416 e. The maximum atomic E-state index is 13.3. The van der Waals surface area contributed by atoms with E-state index in [0.29, 0.717) is 11.3 Å². The van der Waals surface area contributed by atoms with Gasteiger partial charge in [0.05, 0.1) is 17.4 Å². The molecule has 0 aliphatic carbocycles. The van der Waals surface area contributed by atoms with Crippen LogP contribution in [0.1, 0.15) is 21.6 Å². The van der Waals surface area contributed by atoms with Crippen molar-refractivity contribution < 1.29 is 31.5 Å². The zero-order chi connectivity index (χ0) is 24.3. The number of hydrogen-bond donors (Lipinski definition) is 1. The Hall–Kier alpha value is -4.21. The molecule has 1 aromatic heterocycles. The number of halogens is 5. The molecule has 1 amide bonds. The molecule has 0 spiro atoms. The number of aromatic nitrogens is 2. The minimum absolute atomic E-state index is 0.0260. The highest BCUT2D eigenvalue weighted by molar-refractivity contribution is 6.04. The first kappa shape index (κ1) is 23.0. The lowest BCUT2D eigenvalue weighted by atomic mass is 10.2. The Morgan fingerprint density at radius 2 is 1.59 bits per heavy atom. The molecule has 1 heterocycles. The standard InChI is InChI=1S/C24H16F5N3O2/c25-17-6-4-15(5-7-17)14-34-21-13-32(20-10-8-18(26)9-11-20)31-22(21)23(33)30-19-3-1-2-16(12-19)24(27,28)29/h1-13H,14H2,(H,30,33). The summed E-state index contributed by atoms with van der Waals surface area (Å²) in [5, 5.41) is 6.57. The van der Waals surface area contributed by atoms with Gasteiger partial charge in [0.2, 0.25) is 0 Å². The number of amides is 1. The van der Waals surface area contributed by atoms with Gasteiger partial charge in [0, 0.05) is 5.69 Å². The van der Waals surface area contributed by atoms with Gasteiger partial charge in [-0.1, -0.05) is 18.2 Å². The van der Waals surface area contributed by atoms with Gasteiger partial charge in [0.15, 0.2) is 11.4 Å². The van der Waals surface area contributed by atoms with Gasteiger partial charge in [-0.2, -0.15) is 18.3 Å². The molecule has 34 heavy (non-hydrogen) atoms. The van der Waals surface area contributed by atoms with Crippen molar-refractivity contribution in [2.75, 3.05) is 5.32 Å². The topological polar surface area (TPSA) is 56.2 Å². The maximum Gasteiger partial charge on any atom is 0.416 e. The number of carbonyl (C=O) groups excluding carboxylic acids is 1. The molecule has 174 valence electrons. The quantitative estimate of drug-likeness (QED) is 0.350. The van der Waals surface area contributed by atoms with Crippen LogP contribution >= 0.6 is 0 Å². The summed E-state index contributed by atoms with van der Waals surface area (Å²) in [4.78, 5) is 12.9. The fourth-order valence-corrected chi connectivity index (χ4v) is 3.05. The summed E-state index contributed by atoms with van der Waals surface area (Å²) in [6.07, 6.45) is -3.19. The van der Waals surface area contributed by atoms with Crippen LogP contribution in [0.4, 0.5) is 27.6 Å². The summed E-state index contributed by atoms with van der Waals surface area (Å²) in [6.45, 7) is -0.0285. The SMILES string of the molecule is O=C(Nc1cccc(C(F)(F)F)c1)c1nn(-c2ccc(F)cc2)cc1OCc1ccc(F)cc1. The first-order valence-electron chi connectivity index (χ1n) is 9.90. The molecule has 3 aromatic carbocycles. The Bertz CT molecular complexity index is 1300. The number of carbonyl (C=O) groups is 1. The second kappa shape index (κ2) is 9.34. The highest BCUT2D eigenvalue weighted by Crippen LogP contribution is 2.31. The van der Waals surface area contributed by atoms with E-state index in [1.165, 1.54) is 71.5 Å². The highest BCUT2D eigenvalue weighted by Gasteiger charge is 2.30. The maximum absolute atomic E-state index is 13.3. The molecule has 0 fully saturated rings. The number of nitrogens with zero attached hydrogens (tertiary/aromatic N) is 2. The normalized spacial score (nSPS) is 11.3. The summed E-state index contributed by atoms with van der Waals surface area (Å²) in [5.41, 5.74) is -0.175. The Morgan fingerprint density at radius 3 is 2.24 bits per heavy atom. The zero-order valence-corrected chi connectivity index (χ0v) is 17.3. The van der Waals surface area contributed by atoms with Crippen LogP contribution in [0.5, 0.6) is 5.75 Å². The fraction of sp³-hybridized carbons (Fsp3) is 0.0833.